The van der Waals surface area contributed by atoms with Gasteiger partial charge < -0.3 is 4.74 Å². The predicted octanol–water partition coefficient (Wildman–Crippen LogP) is 4.16. The van der Waals surface area contributed by atoms with Crippen LogP contribution in [0.1, 0.15) is 46.6 Å². The summed E-state index contributed by atoms with van der Waals surface area (Å²) in [6, 6.07) is 8.50. The Hall–Kier alpha value is -0.980. The van der Waals surface area contributed by atoms with E-state index in [4.69, 9.17) is 4.74 Å². The van der Waals surface area contributed by atoms with Gasteiger partial charge in [-0.05, 0) is 24.8 Å². The van der Waals surface area contributed by atoms with Crippen molar-refractivity contribution in [1.29, 1.82) is 0 Å². The van der Waals surface area contributed by atoms with Gasteiger partial charge in [-0.3, -0.25) is 0 Å². The van der Waals surface area contributed by atoms with Crippen LogP contribution in [0.4, 0.5) is 0 Å². The molecule has 2 unspecified atom stereocenters. The van der Waals surface area contributed by atoms with E-state index in [9.17, 15) is 0 Å². The molecule has 0 aliphatic carbocycles. The minimum atomic E-state index is 0.142. The van der Waals surface area contributed by atoms with Gasteiger partial charge in [-0.25, -0.2) is 0 Å². The van der Waals surface area contributed by atoms with Crippen molar-refractivity contribution in [1.82, 2.24) is 0 Å². The quantitative estimate of drug-likeness (QED) is 0.687. The molecule has 1 heterocycles. The van der Waals surface area contributed by atoms with Gasteiger partial charge in [0.05, 0.1) is 0 Å². The van der Waals surface area contributed by atoms with Crippen LogP contribution < -0.4 is 4.74 Å². The van der Waals surface area contributed by atoms with Gasteiger partial charge in [-0.2, -0.15) is 0 Å². The number of benzene rings is 1. The first-order valence-electron chi connectivity index (χ1n) is 6.19. The van der Waals surface area contributed by atoms with Crippen LogP contribution in [0.15, 0.2) is 24.3 Å². The zero-order valence-electron chi connectivity index (χ0n) is 11.0. The lowest BCUT2D eigenvalue weighted by Gasteiger charge is -2.43. The Morgan fingerprint density at radius 1 is 1.25 bits per heavy atom. The molecule has 1 aliphatic heterocycles. The van der Waals surface area contributed by atoms with Crippen molar-refractivity contribution >= 4 is 0 Å². The number of hydrogen-bond acceptors (Lipinski definition) is 1. The third-order valence-corrected chi connectivity index (χ3v) is 4.26. The van der Waals surface area contributed by atoms with Crippen molar-refractivity contribution in [2.24, 2.45) is 5.41 Å². The maximum atomic E-state index is 6.04. The number of rotatable bonds is 1. The van der Waals surface area contributed by atoms with Crippen LogP contribution in [0, 0.1) is 5.41 Å². The molecule has 0 N–H and O–H groups in total. The fourth-order valence-electron chi connectivity index (χ4n) is 3.47. The Morgan fingerprint density at radius 3 is 2.44 bits per heavy atom. The number of para-hydroxylation sites is 1. The largest absolute Gasteiger partial charge is 0.489 e. The first kappa shape index (κ1) is 11.5. The highest BCUT2D eigenvalue weighted by Gasteiger charge is 2.52. The molecule has 0 spiro atoms. The molecular formula is C15H22O. The molecule has 1 aromatic rings. The third kappa shape index (κ3) is 1.30. The zero-order chi connectivity index (χ0) is 12.0. The van der Waals surface area contributed by atoms with Crippen molar-refractivity contribution in [3.63, 3.8) is 0 Å². The van der Waals surface area contributed by atoms with Gasteiger partial charge in [-0.15, -0.1) is 0 Å². The van der Waals surface area contributed by atoms with Gasteiger partial charge in [0.15, 0.2) is 0 Å². The number of fused-ring (bicyclic) bond motifs is 1. The first-order chi connectivity index (χ1) is 7.43. The third-order valence-electron chi connectivity index (χ3n) is 4.26. The molecule has 88 valence electrons. The van der Waals surface area contributed by atoms with Gasteiger partial charge in [0.25, 0.3) is 0 Å². The topological polar surface area (TPSA) is 9.23 Å². The van der Waals surface area contributed by atoms with Crippen LogP contribution in [0.2, 0.25) is 0 Å². The van der Waals surface area contributed by atoms with E-state index in [2.05, 4.69) is 58.9 Å². The Kier molecular flexibility index (Phi) is 2.52. The maximum absolute atomic E-state index is 6.04. The van der Waals surface area contributed by atoms with Gasteiger partial charge in [0.1, 0.15) is 11.9 Å². The van der Waals surface area contributed by atoms with E-state index in [-0.39, 0.29) is 16.9 Å². The van der Waals surface area contributed by atoms with E-state index >= 15 is 0 Å². The molecule has 0 bridgehead atoms. The summed E-state index contributed by atoms with van der Waals surface area (Å²) < 4.78 is 6.04. The molecule has 0 radical (unpaired) electrons. The molecule has 1 nitrogen and oxygen atoms in total. The summed E-state index contributed by atoms with van der Waals surface area (Å²) in [6.07, 6.45) is 1.38. The lowest BCUT2D eigenvalue weighted by molar-refractivity contribution is 0.0680. The van der Waals surface area contributed by atoms with E-state index in [1.165, 1.54) is 5.56 Å². The average molecular weight is 218 g/mol. The fourth-order valence-corrected chi connectivity index (χ4v) is 3.47. The van der Waals surface area contributed by atoms with E-state index in [0.717, 1.165) is 12.2 Å². The van der Waals surface area contributed by atoms with Crippen molar-refractivity contribution in [2.45, 2.75) is 52.6 Å². The van der Waals surface area contributed by atoms with Gasteiger partial charge in [0.2, 0.25) is 0 Å². The van der Waals surface area contributed by atoms with Gasteiger partial charge >= 0.3 is 0 Å². The predicted molar refractivity (Wildman–Crippen MR) is 68.0 cm³/mol. The Morgan fingerprint density at radius 2 is 1.88 bits per heavy atom. The molecular weight excluding hydrogens is 196 g/mol. The van der Waals surface area contributed by atoms with E-state index in [1.54, 1.807) is 0 Å². The first-order valence-corrected chi connectivity index (χ1v) is 6.19. The highest BCUT2D eigenvalue weighted by atomic mass is 16.5. The van der Waals surface area contributed by atoms with Crippen LogP contribution in [-0.2, 0) is 5.41 Å². The Balaban J connectivity index is 2.63. The molecule has 0 fully saturated rings. The lowest BCUT2D eigenvalue weighted by Crippen LogP contribution is -2.46. The molecule has 2 rings (SSSR count). The number of hydrogen-bond donors (Lipinski definition) is 0. The van der Waals surface area contributed by atoms with Crippen LogP contribution in [-0.4, -0.2) is 6.10 Å². The van der Waals surface area contributed by atoms with E-state index in [0.29, 0.717) is 0 Å². The molecule has 1 aromatic carbocycles. The van der Waals surface area contributed by atoms with E-state index in [1.807, 2.05) is 0 Å². The second-order valence-corrected chi connectivity index (χ2v) is 5.83. The van der Waals surface area contributed by atoms with Crippen LogP contribution in [0.5, 0.6) is 5.75 Å². The Labute approximate surface area is 98.8 Å². The SMILES string of the molecule is CCC1(C(C)(C)C)c2ccccc2OC1C. The summed E-state index contributed by atoms with van der Waals surface area (Å²) in [4.78, 5) is 0. The molecule has 0 saturated heterocycles. The van der Waals surface area contributed by atoms with Crippen LogP contribution >= 0.6 is 0 Å². The summed E-state index contributed by atoms with van der Waals surface area (Å²) in [5.41, 5.74) is 1.75. The second kappa shape index (κ2) is 3.51. The molecule has 2 atom stereocenters. The molecule has 0 aromatic heterocycles. The van der Waals surface area contributed by atoms with Gasteiger partial charge in [-0.1, -0.05) is 45.9 Å². The van der Waals surface area contributed by atoms with Crippen LogP contribution in [0.3, 0.4) is 0 Å². The second-order valence-electron chi connectivity index (χ2n) is 5.83. The Bertz CT molecular complexity index is 389. The minimum absolute atomic E-state index is 0.142. The van der Waals surface area contributed by atoms with Crippen LogP contribution in [0.25, 0.3) is 0 Å². The summed E-state index contributed by atoms with van der Waals surface area (Å²) >= 11 is 0. The lowest BCUT2D eigenvalue weighted by atomic mass is 9.59. The highest BCUT2D eigenvalue weighted by Crippen LogP contribution is 2.54. The molecule has 0 saturated carbocycles. The number of ether oxygens (including phenoxy) is 1. The smallest absolute Gasteiger partial charge is 0.123 e. The van der Waals surface area contributed by atoms with Gasteiger partial charge in [0, 0.05) is 11.0 Å². The monoisotopic (exact) mass is 218 g/mol. The maximum Gasteiger partial charge on any atom is 0.123 e. The van der Waals surface area contributed by atoms with Crippen molar-refractivity contribution in [3.8, 4) is 5.75 Å². The van der Waals surface area contributed by atoms with Crippen molar-refractivity contribution in [3.05, 3.63) is 29.8 Å². The molecule has 16 heavy (non-hydrogen) atoms. The van der Waals surface area contributed by atoms with E-state index < -0.39 is 0 Å². The molecule has 1 heteroatoms. The molecule has 0 amide bonds. The highest BCUT2D eigenvalue weighted by molar-refractivity contribution is 5.46. The summed E-state index contributed by atoms with van der Waals surface area (Å²) in [7, 11) is 0. The molecule has 1 aliphatic rings. The summed E-state index contributed by atoms with van der Waals surface area (Å²) in [5, 5.41) is 0. The summed E-state index contributed by atoms with van der Waals surface area (Å²) in [6.45, 7) is 11.4. The normalized spacial score (nSPS) is 28.7. The standard InChI is InChI=1S/C15H22O/c1-6-15(14(3,4)5)11(2)16-13-10-8-7-9-12(13)15/h7-11H,6H2,1-5H3. The van der Waals surface area contributed by atoms with Crippen molar-refractivity contribution < 1.29 is 4.74 Å². The van der Waals surface area contributed by atoms with Crippen molar-refractivity contribution in [2.75, 3.05) is 0 Å². The minimum Gasteiger partial charge on any atom is -0.489 e. The fraction of sp³-hybridized carbons (Fsp3) is 0.600. The average Bonchev–Trinajstić information content (AvgIpc) is 2.49. The zero-order valence-corrected chi connectivity index (χ0v) is 11.0. The summed E-state index contributed by atoms with van der Waals surface area (Å²) in [5.74, 6) is 1.08.